The van der Waals surface area contributed by atoms with Crippen LogP contribution in [0.4, 0.5) is 15.3 Å². The summed E-state index contributed by atoms with van der Waals surface area (Å²) in [5.74, 6) is -11.2. The molecule has 0 radical (unpaired) electrons. The van der Waals surface area contributed by atoms with Gasteiger partial charge in [-0.1, -0.05) is 91.3 Å². The van der Waals surface area contributed by atoms with Gasteiger partial charge in [0.25, 0.3) is 11.8 Å². The fourth-order valence-electron chi connectivity index (χ4n) is 16.2. The molecular formula is C100H163N11O36. The molecule has 0 bridgehead atoms. The molecule has 47 heteroatoms. The van der Waals surface area contributed by atoms with E-state index in [1.54, 1.807) is 106 Å². The number of aliphatic hydroxyl groups is 4. The molecule has 5 rings (SSSR count). The Morgan fingerprint density at radius 2 is 1.11 bits per heavy atom. The number of methoxy groups -OCH3 is 3. The third kappa shape index (κ3) is 46.2. The zero-order valence-corrected chi connectivity index (χ0v) is 88.1. The lowest BCUT2D eigenvalue weighted by Crippen LogP contribution is -2.61. The van der Waals surface area contributed by atoms with Gasteiger partial charge in [0, 0.05) is 80.1 Å². The van der Waals surface area contributed by atoms with Gasteiger partial charge in [0.1, 0.15) is 60.4 Å². The number of carboxylic acid groups (broad SMARTS) is 1. The third-order valence-electron chi connectivity index (χ3n) is 24.3. The second kappa shape index (κ2) is 70.2. The summed E-state index contributed by atoms with van der Waals surface area (Å²) in [4.78, 5) is 185. The van der Waals surface area contributed by atoms with E-state index in [0.717, 1.165) is 17.1 Å². The quantitative estimate of drug-likeness (QED) is 0.0333. The Bertz CT molecular complexity index is 4270. The SMILES string of the molecule is CC[C@H](C)[C@@H]([C@@H](CC(=O)N1CCC[C@H]1[C@H](OC)[C@@H](C)C(=O)N[C@H](C)[C@@H](O)c1ccccc1)OC)N(C)C(=O)[C@@H](NC(=O)[C@H](C(C)C)N(C)C(=O)OCc1ccc(O[C@@H]2O[C@H](C(=O)O)[C@@H](O)[C@H](O)[C@H]2O)c(NC(=O)CCNC(=O)[C@H](CCCCNC(=O)CCOCCOCCOCCOCCOCCOCCOCCOCCOCCOCCOCCOC)NC(=O)[C@H](CNC(=O)OC(C)(C)C)N2C(=O)C=CC2=O)c1)C(C)C. The lowest BCUT2D eigenvalue weighted by Gasteiger charge is -2.41. The van der Waals surface area contributed by atoms with Gasteiger partial charge in [-0.25, -0.2) is 14.4 Å². The Balaban J connectivity index is 1.15. The van der Waals surface area contributed by atoms with Crippen LogP contribution in [0, 0.1) is 23.7 Å². The maximum absolute atomic E-state index is 15.1. The average Bonchev–Trinajstić information content (AvgIpc) is 1.17. The number of unbranched alkanes of at least 4 members (excludes halogenated alkanes) is 1. The summed E-state index contributed by atoms with van der Waals surface area (Å²) in [6.45, 7) is 26.6. The molecule has 47 nitrogen and oxygen atoms in total. The molecular weight excluding hydrogens is 1930 g/mol. The molecule has 0 aromatic heterocycles. The zero-order valence-electron chi connectivity index (χ0n) is 88.1. The van der Waals surface area contributed by atoms with E-state index in [1.165, 1.54) is 44.4 Å². The molecule has 3 heterocycles. The first-order valence-corrected chi connectivity index (χ1v) is 50.3. The number of aliphatic hydroxyl groups excluding tert-OH is 4. The summed E-state index contributed by atoms with van der Waals surface area (Å²) in [5.41, 5.74) is -0.503. The number of nitrogens with zero attached hydrogens (tertiary/aromatic N) is 4. The zero-order chi connectivity index (χ0) is 109. The lowest BCUT2D eigenvalue weighted by molar-refractivity contribution is -0.271. The van der Waals surface area contributed by atoms with Crippen LogP contribution in [0.15, 0.2) is 60.7 Å². The number of anilines is 1. The summed E-state index contributed by atoms with van der Waals surface area (Å²) in [7, 11) is 7.44. The van der Waals surface area contributed by atoms with Gasteiger partial charge in [0.2, 0.25) is 53.5 Å². The molecule has 2 saturated heterocycles. The van der Waals surface area contributed by atoms with Crippen molar-refractivity contribution in [2.75, 3.05) is 219 Å². The van der Waals surface area contributed by atoms with Gasteiger partial charge in [-0.05, 0) is 101 Å². The van der Waals surface area contributed by atoms with E-state index < -0.39 is 200 Å². The molecule has 0 aliphatic carbocycles. The number of carbonyl (C=O) groups is 13. The highest BCUT2D eigenvalue weighted by Crippen LogP contribution is 2.34. The minimum atomic E-state index is -2.13. The summed E-state index contributed by atoms with van der Waals surface area (Å²) in [6.07, 6.45) is -12.1. The Labute approximate surface area is 861 Å². The van der Waals surface area contributed by atoms with E-state index in [2.05, 4.69) is 37.2 Å². The van der Waals surface area contributed by atoms with E-state index in [4.69, 9.17) is 85.3 Å². The van der Waals surface area contributed by atoms with E-state index in [-0.39, 0.29) is 106 Å². The van der Waals surface area contributed by atoms with Gasteiger partial charge in [0.05, 0.1) is 213 Å². The number of likely N-dealkylation sites (tertiary alicyclic amines) is 1. The maximum atomic E-state index is 15.1. The smallest absolute Gasteiger partial charge is 0.410 e. The number of alkyl carbamates (subject to hydrolysis) is 1. The number of hydrogen-bond donors (Lipinski definition) is 12. The number of rotatable bonds is 76. The Morgan fingerprint density at radius 3 is 1.61 bits per heavy atom. The third-order valence-corrected chi connectivity index (χ3v) is 24.3. The van der Waals surface area contributed by atoms with Crippen molar-refractivity contribution >= 4 is 82.9 Å². The topological polar surface area (TPSA) is 586 Å². The molecule has 17 atom stereocenters. The van der Waals surface area contributed by atoms with Gasteiger partial charge in [0.15, 0.2) is 6.10 Å². The molecule has 2 aromatic carbocycles. The molecule has 2 fully saturated rings. The van der Waals surface area contributed by atoms with Crippen LogP contribution < -0.4 is 42.0 Å². The van der Waals surface area contributed by atoms with E-state index >= 15 is 4.79 Å². The maximum Gasteiger partial charge on any atom is 0.410 e. The fraction of sp³-hybridized carbons (Fsp3) is 0.730. The molecule has 3 aliphatic heterocycles. The predicted octanol–water partition coefficient (Wildman–Crippen LogP) is 2.10. The predicted molar refractivity (Wildman–Crippen MR) is 529 cm³/mol. The number of imide groups is 1. The summed E-state index contributed by atoms with van der Waals surface area (Å²) >= 11 is 0. The van der Waals surface area contributed by atoms with Crippen LogP contribution in [0.25, 0.3) is 0 Å². The van der Waals surface area contributed by atoms with Crippen LogP contribution in [-0.2, 0) is 140 Å². The molecule has 0 saturated carbocycles. The Morgan fingerprint density at radius 1 is 0.571 bits per heavy atom. The molecule has 12 amide bonds. The second-order valence-electron chi connectivity index (χ2n) is 37.3. The molecule has 12 N–H and O–H groups in total. The van der Waals surface area contributed by atoms with Crippen molar-refractivity contribution in [2.24, 2.45) is 23.7 Å². The van der Waals surface area contributed by atoms with Crippen LogP contribution in [-0.4, -0.2) is 427 Å². The van der Waals surface area contributed by atoms with Crippen LogP contribution in [0.1, 0.15) is 151 Å². The van der Waals surface area contributed by atoms with Crippen molar-refractivity contribution in [2.45, 2.75) is 237 Å². The molecule has 3 aliphatic rings. The van der Waals surface area contributed by atoms with Crippen LogP contribution in [0.2, 0.25) is 0 Å². The van der Waals surface area contributed by atoms with Crippen molar-refractivity contribution < 1.29 is 173 Å². The van der Waals surface area contributed by atoms with E-state index in [1.807, 2.05) is 19.9 Å². The number of hydrogen-bond acceptors (Lipinski definition) is 35. The molecule has 147 heavy (non-hydrogen) atoms. The summed E-state index contributed by atoms with van der Waals surface area (Å²) in [5, 5.41) is 71.9. The first kappa shape index (κ1) is 128. The van der Waals surface area contributed by atoms with Crippen molar-refractivity contribution in [1.82, 2.24) is 51.5 Å². The van der Waals surface area contributed by atoms with Gasteiger partial charge in [-0.15, -0.1) is 0 Å². The van der Waals surface area contributed by atoms with Crippen LogP contribution in [0.3, 0.4) is 0 Å². The number of carboxylic acids is 1. The van der Waals surface area contributed by atoms with Crippen molar-refractivity contribution in [3.63, 3.8) is 0 Å². The molecule has 2 aromatic rings. The minimum Gasteiger partial charge on any atom is -0.479 e. The molecule has 0 spiro atoms. The number of nitrogens with one attached hydrogen (secondary N) is 7. The van der Waals surface area contributed by atoms with Gasteiger partial charge in [-0.3, -0.25) is 57.7 Å². The number of amides is 12. The van der Waals surface area contributed by atoms with Crippen molar-refractivity contribution in [1.29, 1.82) is 0 Å². The number of benzene rings is 2. The van der Waals surface area contributed by atoms with Crippen LogP contribution >= 0.6 is 0 Å². The number of likely N-dealkylation sites (N-methyl/N-ethyl adjacent to an activating group) is 2. The highest BCUT2D eigenvalue weighted by atomic mass is 16.7. The van der Waals surface area contributed by atoms with E-state index in [9.17, 15) is 83.1 Å². The standard InChI is InChI=1S/C100H163N11O36/c1-17-66(6)84(76(131-15)61-81(116)110-36-23-27-73(110)89(132-16)67(7)91(121)104-68(8)85(117)70-24-19-18-20-25-70)108(12)95(125)82(64(2)3)107-94(124)83(65(4)5)109(13)99(129)144-63-69-28-29-75(145-97-88(120)86(118)87(119)90(146-97)96(126)127)72(60-69)105-78(113)32-35-102-92(122)71(106-93(123)74(111-79(114)30-31-80(111)115)62-103-98(128)147-100(9,10)11)26-21-22-34-101-77(112)33-37-133-40-41-135-44-45-137-48-49-139-52-53-141-56-57-143-59-58-142-55-54-140-51-50-138-47-46-136-43-42-134-39-38-130-14/h18-20,24-25,28-31,60,64-68,71,73-74,76,82-90,97,117-120H,17,21-23,26-27,32-59,61-63H2,1-16H3,(H,101,112)(H,102,122)(H,103,128)(H,104,121)(H,105,113)(H,106,123)(H,107,124)(H,126,127)/t66-,67+,68+,71-,73-,74-,76+,82-,83-,84-,85+,86-,87-,88+,89+,90-,97+/m0/s1. The number of aliphatic carboxylic acids is 1. The first-order valence-electron chi connectivity index (χ1n) is 50.3. The van der Waals surface area contributed by atoms with Crippen molar-refractivity contribution in [3.05, 3.63) is 71.8 Å². The Kier molecular flexibility index (Phi) is 61.0. The van der Waals surface area contributed by atoms with Gasteiger partial charge >= 0.3 is 18.2 Å². The fourth-order valence-corrected chi connectivity index (χ4v) is 16.2. The normalized spacial score (nSPS) is 18.6. The monoisotopic (exact) mass is 2090 g/mol. The van der Waals surface area contributed by atoms with Crippen molar-refractivity contribution in [3.8, 4) is 5.75 Å². The minimum absolute atomic E-state index is 0.0127. The summed E-state index contributed by atoms with van der Waals surface area (Å²) < 4.78 is 100.0. The van der Waals surface area contributed by atoms with Gasteiger partial charge < -0.3 is 158 Å². The highest BCUT2D eigenvalue weighted by Gasteiger charge is 2.50. The molecule has 834 valence electrons. The van der Waals surface area contributed by atoms with Gasteiger partial charge in [-0.2, -0.15) is 0 Å². The van der Waals surface area contributed by atoms with Crippen LogP contribution in [0.5, 0.6) is 5.75 Å². The number of carbonyl (C=O) groups excluding carboxylic acids is 12. The average molecular weight is 2100 g/mol. The Hall–Kier alpha value is -9.87. The largest absolute Gasteiger partial charge is 0.479 e. The van der Waals surface area contributed by atoms with E-state index in [0.29, 0.717) is 162 Å². The number of ether oxygens (including phenoxy) is 18. The first-order chi connectivity index (χ1) is 70.2. The second-order valence-corrected chi connectivity index (χ2v) is 37.3. The lowest BCUT2D eigenvalue weighted by atomic mass is 9.89. The highest BCUT2D eigenvalue weighted by molar-refractivity contribution is 6.15. The molecule has 0 unspecified atom stereocenters. The summed E-state index contributed by atoms with van der Waals surface area (Å²) in [6, 6.07) is 5.16.